The highest BCUT2D eigenvalue weighted by molar-refractivity contribution is 6.30. The molecule has 1 aromatic rings. The van der Waals surface area contributed by atoms with Crippen LogP contribution in [0.2, 0.25) is 5.02 Å². The lowest BCUT2D eigenvalue weighted by Gasteiger charge is -2.39. The van der Waals surface area contributed by atoms with E-state index in [4.69, 9.17) is 11.6 Å². The van der Waals surface area contributed by atoms with Crippen LogP contribution in [-0.2, 0) is 4.79 Å². The molecular weight excluding hydrogens is 305 g/mol. The molecule has 0 aliphatic carbocycles. The molecule has 0 radical (unpaired) electrons. The predicted molar refractivity (Wildman–Crippen MR) is 85.6 cm³/mol. The van der Waals surface area contributed by atoms with Crippen molar-refractivity contribution in [3.63, 3.8) is 0 Å². The standard InChI is InChI=1S/C16H21ClFN3O/c17-12-2-3-14(13(18)8-12)20-15(22)9-21-7-1-4-16(11-21)5-6-19-10-16/h2-3,8,19H,1,4-7,9-11H2,(H,20,22)/t16-/m1/s1. The molecule has 2 aliphatic rings. The molecule has 1 atom stereocenters. The summed E-state index contributed by atoms with van der Waals surface area (Å²) in [5.41, 5.74) is 0.507. The highest BCUT2D eigenvalue weighted by Crippen LogP contribution is 2.35. The van der Waals surface area contributed by atoms with Crippen molar-refractivity contribution in [2.24, 2.45) is 5.41 Å². The zero-order valence-corrected chi connectivity index (χ0v) is 13.3. The number of carbonyl (C=O) groups excluding carboxylic acids is 1. The molecule has 0 bridgehead atoms. The van der Waals surface area contributed by atoms with E-state index in [0.717, 1.165) is 32.6 Å². The number of nitrogens with zero attached hydrogens (tertiary/aromatic N) is 1. The molecule has 120 valence electrons. The molecule has 2 saturated heterocycles. The molecule has 2 fully saturated rings. The highest BCUT2D eigenvalue weighted by atomic mass is 35.5. The van der Waals surface area contributed by atoms with Crippen LogP contribution < -0.4 is 10.6 Å². The summed E-state index contributed by atoms with van der Waals surface area (Å²) in [4.78, 5) is 14.3. The smallest absolute Gasteiger partial charge is 0.238 e. The van der Waals surface area contributed by atoms with Gasteiger partial charge in [-0.05, 0) is 56.0 Å². The van der Waals surface area contributed by atoms with Crippen LogP contribution in [0, 0.1) is 11.2 Å². The van der Waals surface area contributed by atoms with E-state index in [-0.39, 0.29) is 11.6 Å². The van der Waals surface area contributed by atoms with Crippen LogP contribution in [-0.4, -0.2) is 43.5 Å². The summed E-state index contributed by atoms with van der Waals surface area (Å²) >= 11 is 5.71. The number of benzene rings is 1. The van der Waals surface area contributed by atoms with Gasteiger partial charge in [-0.3, -0.25) is 9.69 Å². The molecule has 6 heteroatoms. The number of halogens is 2. The van der Waals surface area contributed by atoms with Crippen LogP contribution in [0.15, 0.2) is 18.2 Å². The van der Waals surface area contributed by atoms with E-state index in [1.807, 2.05) is 0 Å². The molecule has 22 heavy (non-hydrogen) atoms. The molecular formula is C16H21ClFN3O. The van der Waals surface area contributed by atoms with Crippen molar-refractivity contribution in [3.05, 3.63) is 29.0 Å². The maximum atomic E-state index is 13.7. The van der Waals surface area contributed by atoms with Gasteiger partial charge in [0.2, 0.25) is 5.91 Å². The molecule has 1 aromatic carbocycles. The first-order chi connectivity index (χ1) is 10.6. The van der Waals surface area contributed by atoms with E-state index in [1.165, 1.54) is 25.0 Å². The van der Waals surface area contributed by atoms with Gasteiger partial charge in [-0.15, -0.1) is 0 Å². The van der Waals surface area contributed by atoms with Gasteiger partial charge in [-0.2, -0.15) is 0 Å². The maximum Gasteiger partial charge on any atom is 0.238 e. The predicted octanol–water partition coefficient (Wildman–Crippen LogP) is 2.49. The Morgan fingerprint density at radius 2 is 2.32 bits per heavy atom. The summed E-state index contributed by atoms with van der Waals surface area (Å²) in [5.74, 6) is -0.680. The molecule has 2 heterocycles. The van der Waals surface area contributed by atoms with Crippen molar-refractivity contribution in [2.75, 3.05) is 38.0 Å². The number of amides is 1. The minimum Gasteiger partial charge on any atom is -0.322 e. The fourth-order valence-electron chi connectivity index (χ4n) is 3.57. The summed E-state index contributed by atoms with van der Waals surface area (Å²) in [7, 11) is 0. The number of piperidine rings is 1. The van der Waals surface area contributed by atoms with E-state index < -0.39 is 5.82 Å². The van der Waals surface area contributed by atoms with Crippen LogP contribution in [0.3, 0.4) is 0 Å². The third-order valence-electron chi connectivity index (χ3n) is 4.65. The van der Waals surface area contributed by atoms with Crippen molar-refractivity contribution in [1.29, 1.82) is 0 Å². The fraction of sp³-hybridized carbons (Fsp3) is 0.562. The summed E-state index contributed by atoms with van der Waals surface area (Å²) in [6.07, 6.45) is 3.52. The van der Waals surface area contributed by atoms with E-state index in [1.54, 1.807) is 6.07 Å². The number of hydrogen-bond acceptors (Lipinski definition) is 3. The van der Waals surface area contributed by atoms with Gasteiger partial charge in [0.15, 0.2) is 0 Å². The Bertz CT molecular complexity index is 560. The van der Waals surface area contributed by atoms with Gasteiger partial charge in [-0.25, -0.2) is 4.39 Å². The van der Waals surface area contributed by atoms with Crippen LogP contribution in [0.1, 0.15) is 19.3 Å². The van der Waals surface area contributed by atoms with Crippen LogP contribution in [0.4, 0.5) is 10.1 Å². The second kappa shape index (κ2) is 6.52. The Morgan fingerprint density at radius 1 is 1.45 bits per heavy atom. The number of carbonyl (C=O) groups is 1. The Morgan fingerprint density at radius 3 is 3.05 bits per heavy atom. The lowest BCUT2D eigenvalue weighted by Crippen LogP contribution is -2.47. The van der Waals surface area contributed by atoms with Crippen molar-refractivity contribution in [2.45, 2.75) is 19.3 Å². The largest absolute Gasteiger partial charge is 0.322 e. The van der Waals surface area contributed by atoms with Crippen molar-refractivity contribution >= 4 is 23.2 Å². The van der Waals surface area contributed by atoms with Gasteiger partial charge in [0.25, 0.3) is 0 Å². The first-order valence-electron chi connectivity index (χ1n) is 7.74. The van der Waals surface area contributed by atoms with Gasteiger partial charge in [0.1, 0.15) is 5.82 Å². The second-order valence-corrected chi connectivity index (χ2v) is 6.85. The first kappa shape index (κ1) is 15.7. The molecule has 0 unspecified atom stereocenters. The Labute approximate surface area is 135 Å². The van der Waals surface area contributed by atoms with Crippen molar-refractivity contribution in [1.82, 2.24) is 10.2 Å². The third-order valence-corrected chi connectivity index (χ3v) is 4.88. The van der Waals surface area contributed by atoms with E-state index in [9.17, 15) is 9.18 Å². The maximum absolute atomic E-state index is 13.7. The third kappa shape index (κ3) is 3.59. The second-order valence-electron chi connectivity index (χ2n) is 6.41. The normalized spacial score (nSPS) is 25.5. The lowest BCUT2D eigenvalue weighted by atomic mass is 9.79. The molecule has 2 N–H and O–H groups in total. The van der Waals surface area contributed by atoms with Gasteiger partial charge < -0.3 is 10.6 Å². The molecule has 2 aliphatic heterocycles. The lowest BCUT2D eigenvalue weighted by molar-refractivity contribution is -0.118. The Hall–Kier alpha value is -1.17. The van der Waals surface area contributed by atoms with Gasteiger partial charge in [0.05, 0.1) is 12.2 Å². The molecule has 3 rings (SSSR count). The first-order valence-corrected chi connectivity index (χ1v) is 8.12. The monoisotopic (exact) mass is 325 g/mol. The van der Waals surface area contributed by atoms with Gasteiger partial charge in [0, 0.05) is 18.1 Å². The zero-order valence-electron chi connectivity index (χ0n) is 12.5. The quantitative estimate of drug-likeness (QED) is 0.897. The number of anilines is 1. The Kier molecular flexibility index (Phi) is 4.66. The average Bonchev–Trinajstić information content (AvgIpc) is 2.90. The van der Waals surface area contributed by atoms with Crippen molar-refractivity contribution < 1.29 is 9.18 Å². The SMILES string of the molecule is O=C(CN1CCC[C@]2(CCNC2)C1)Nc1ccc(Cl)cc1F. The number of nitrogens with one attached hydrogen (secondary N) is 2. The van der Waals surface area contributed by atoms with Crippen LogP contribution in [0.25, 0.3) is 0 Å². The number of hydrogen-bond donors (Lipinski definition) is 2. The minimum atomic E-state index is -0.504. The average molecular weight is 326 g/mol. The van der Waals surface area contributed by atoms with Gasteiger partial charge >= 0.3 is 0 Å². The minimum absolute atomic E-state index is 0.177. The van der Waals surface area contributed by atoms with Crippen molar-refractivity contribution in [3.8, 4) is 0 Å². The highest BCUT2D eigenvalue weighted by Gasteiger charge is 2.38. The van der Waals surface area contributed by atoms with Gasteiger partial charge in [-0.1, -0.05) is 11.6 Å². The fourth-order valence-corrected chi connectivity index (χ4v) is 3.73. The van der Waals surface area contributed by atoms with Crippen LogP contribution in [0.5, 0.6) is 0 Å². The number of rotatable bonds is 3. The van der Waals surface area contributed by atoms with Crippen LogP contribution >= 0.6 is 11.6 Å². The van der Waals surface area contributed by atoms with E-state index in [2.05, 4.69) is 15.5 Å². The molecule has 1 spiro atoms. The van der Waals surface area contributed by atoms with E-state index >= 15 is 0 Å². The summed E-state index contributed by atoms with van der Waals surface area (Å²) < 4.78 is 13.7. The molecule has 4 nitrogen and oxygen atoms in total. The van der Waals surface area contributed by atoms with E-state index in [0.29, 0.717) is 17.0 Å². The number of likely N-dealkylation sites (tertiary alicyclic amines) is 1. The molecule has 0 saturated carbocycles. The topological polar surface area (TPSA) is 44.4 Å². The zero-order chi connectivity index (χ0) is 15.6. The molecule has 0 aromatic heterocycles. The summed E-state index contributed by atoms with van der Waals surface area (Å²) in [6.45, 7) is 4.28. The molecule has 1 amide bonds. The Balaban J connectivity index is 1.57. The summed E-state index contributed by atoms with van der Waals surface area (Å²) in [6, 6.07) is 4.27. The summed E-state index contributed by atoms with van der Waals surface area (Å²) in [5, 5.41) is 6.38.